The zero-order valence-electron chi connectivity index (χ0n) is 31.3. The largest absolute Gasteiger partial charge is 0.236 e. The molecule has 262 valence electrons. The summed E-state index contributed by atoms with van der Waals surface area (Å²) in [5.74, 6) is 1.72. The van der Waals surface area contributed by atoms with E-state index in [2.05, 4.69) is 102 Å². The van der Waals surface area contributed by atoms with E-state index in [9.17, 15) is 0 Å². The van der Waals surface area contributed by atoms with Gasteiger partial charge in [0.1, 0.15) is 5.01 Å². The third kappa shape index (κ3) is 7.91. The molecule has 2 aromatic heterocycles. The molecule has 0 aliphatic rings. The summed E-state index contributed by atoms with van der Waals surface area (Å²) in [6, 6.07) is 23.0. The molecule has 0 bridgehead atoms. The maximum atomic E-state index is 5.06. The molecule has 4 aromatic carbocycles. The summed E-state index contributed by atoms with van der Waals surface area (Å²) >= 11 is 1.64. The van der Waals surface area contributed by atoms with Gasteiger partial charge in [0.15, 0.2) is 17.5 Å². The van der Waals surface area contributed by atoms with Crippen LogP contribution < -0.4 is 0 Å². The molecular weight excluding hydrogens is 665 g/mol. The van der Waals surface area contributed by atoms with Gasteiger partial charge in [-0.25, -0.2) is 19.9 Å². The number of thiazole rings is 1. The molecule has 0 aliphatic heterocycles. The van der Waals surface area contributed by atoms with Gasteiger partial charge in [-0.3, -0.25) is 0 Å². The molecular formula is C48H44N4S. The molecule has 53 heavy (non-hydrogen) atoms. The second-order valence-electron chi connectivity index (χ2n) is 12.8. The molecule has 0 fully saturated rings. The molecule has 0 spiro atoms. The summed E-state index contributed by atoms with van der Waals surface area (Å²) in [7, 11) is 0. The van der Waals surface area contributed by atoms with Crippen LogP contribution in [0.2, 0.25) is 0 Å². The summed E-state index contributed by atoms with van der Waals surface area (Å²) < 4.78 is 1.04. The van der Waals surface area contributed by atoms with Gasteiger partial charge < -0.3 is 0 Å². The summed E-state index contributed by atoms with van der Waals surface area (Å²) in [6.07, 6.45) is 22.5. The van der Waals surface area contributed by atoms with Crippen LogP contribution in [0.4, 0.5) is 0 Å². The molecule has 4 nitrogen and oxygen atoms in total. The second kappa shape index (κ2) is 16.5. The van der Waals surface area contributed by atoms with Crippen LogP contribution in [-0.2, 0) is 0 Å². The number of aromatic nitrogens is 4. The molecule has 5 heteroatoms. The Kier molecular flexibility index (Phi) is 11.5. The van der Waals surface area contributed by atoms with Crippen molar-refractivity contribution in [3.63, 3.8) is 0 Å². The summed E-state index contributed by atoms with van der Waals surface area (Å²) in [5, 5.41) is 3.44. The van der Waals surface area contributed by atoms with Crippen LogP contribution in [0.15, 0.2) is 135 Å². The molecule has 0 saturated heterocycles. The molecule has 6 aromatic rings. The van der Waals surface area contributed by atoms with E-state index in [4.69, 9.17) is 19.9 Å². The van der Waals surface area contributed by atoms with Crippen LogP contribution in [-0.4, -0.2) is 19.9 Å². The van der Waals surface area contributed by atoms with Gasteiger partial charge in [0.25, 0.3) is 0 Å². The molecule has 0 saturated carbocycles. The van der Waals surface area contributed by atoms with Crippen molar-refractivity contribution in [1.29, 1.82) is 0 Å². The lowest BCUT2D eigenvalue weighted by atomic mass is 9.88. The number of benzene rings is 4. The number of rotatable bonds is 11. The van der Waals surface area contributed by atoms with Crippen LogP contribution in [0.1, 0.15) is 66.3 Å². The van der Waals surface area contributed by atoms with Crippen molar-refractivity contribution in [3.05, 3.63) is 173 Å². The first-order chi connectivity index (χ1) is 25.8. The monoisotopic (exact) mass is 708 g/mol. The first kappa shape index (κ1) is 36.7. The fraction of sp³-hybridized carbons (Fsp3) is 0.125. The Bertz CT molecular complexity index is 2540. The van der Waals surface area contributed by atoms with Crippen molar-refractivity contribution >= 4 is 61.2 Å². The zero-order chi connectivity index (χ0) is 37.5. The van der Waals surface area contributed by atoms with Crippen molar-refractivity contribution in [1.82, 2.24) is 19.9 Å². The van der Waals surface area contributed by atoms with E-state index >= 15 is 0 Å². The highest BCUT2D eigenvalue weighted by atomic mass is 32.1. The Balaban J connectivity index is 1.39. The van der Waals surface area contributed by atoms with Crippen LogP contribution in [0, 0.1) is 13.8 Å². The van der Waals surface area contributed by atoms with Gasteiger partial charge >= 0.3 is 0 Å². The molecule has 0 unspecified atom stereocenters. The van der Waals surface area contributed by atoms with Gasteiger partial charge in [-0.2, -0.15) is 0 Å². The predicted molar refractivity (Wildman–Crippen MR) is 232 cm³/mol. The minimum Gasteiger partial charge on any atom is -0.236 e. The SMILES string of the molecule is C=C/C=C(\C=C(/C)c1ccc2c(/C=C\C)c(C)c(/C=C\C)c(C)c2c1)c1nc2ccc(-c3nc(C(=C)/C=C\C=C/C)nc(-c4ccccc4)n3)cc2s1. The van der Waals surface area contributed by atoms with E-state index in [0.29, 0.717) is 23.0 Å². The van der Waals surface area contributed by atoms with Crippen molar-refractivity contribution < 1.29 is 0 Å². The number of aryl methyl sites for hydroxylation is 1. The van der Waals surface area contributed by atoms with Gasteiger partial charge in [-0.15, -0.1) is 11.3 Å². The highest BCUT2D eigenvalue weighted by molar-refractivity contribution is 7.19. The van der Waals surface area contributed by atoms with Crippen molar-refractivity contribution in [2.75, 3.05) is 0 Å². The number of hydrogen-bond donors (Lipinski definition) is 0. The Morgan fingerprint density at radius 1 is 0.717 bits per heavy atom. The van der Waals surface area contributed by atoms with Gasteiger partial charge in [0.05, 0.1) is 10.2 Å². The van der Waals surface area contributed by atoms with Crippen LogP contribution in [0.25, 0.3) is 72.6 Å². The van der Waals surface area contributed by atoms with Crippen LogP contribution >= 0.6 is 11.3 Å². The smallest absolute Gasteiger partial charge is 0.164 e. The maximum absolute atomic E-state index is 5.06. The van der Waals surface area contributed by atoms with E-state index in [-0.39, 0.29) is 0 Å². The summed E-state index contributed by atoms with van der Waals surface area (Å²) in [6.45, 7) is 21.0. The number of fused-ring (bicyclic) bond motifs is 2. The maximum Gasteiger partial charge on any atom is 0.164 e. The summed E-state index contributed by atoms with van der Waals surface area (Å²) in [5.41, 5.74) is 11.9. The van der Waals surface area contributed by atoms with E-state index in [1.54, 1.807) is 11.3 Å². The highest BCUT2D eigenvalue weighted by Gasteiger charge is 2.16. The first-order valence-electron chi connectivity index (χ1n) is 17.8. The van der Waals surface area contributed by atoms with Crippen molar-refractivity contribution in [3.8, 4) is 22.8 Å². The van der Waals surface area contributed by atoms with Crippen molar-refractivity contribution in [2.45, 2.75) is 41.5 Å². The number of hydrogen-bond acceptors (Lipinski definition) is 5. The Morgan fingerprint density at radius 2 is 1.45 bits per heavy atom. The minimum absolute atomic E-state index is 0.534. The lowest BCUT2D eigenvalue weighted by molar-refractivity contribution is 1.04. The standard InChI is InChI=1S/C48H44N4S/c1-9-13-15-21-31(5)45-50-46(35-22-16-14-17-23-35)52-47(51-45)37-25-27-43-44(30-37)53-48(49-43)38(18-10-2)28-32(6)36-24-26-41-40(20-12-4)33(7)39(19-11-3)34(8)42(41)29-36/h9-30H,2,5H2,1,3-4,6-8H3/b13-9-,19-11-,20-12-,21-15-,32-28+,38-18+. The lowest BCUT2D eigenvalue weighted by Gasteiger charge is -2.16. The molecule has 0 N–H and O–H groups in total. The molecule has 0 aliphatic carbocycles. The quantitative estimate of drug-likeness (QED) is 0.126. The third-order valence-corrected chi connectivity index (χ3v) is 10.2. The molecule has 0 amide bonds. The average molecular weight is 709 g/mol. The van der Waals surface area contributed by atoms with Gasteiger partial charge in [0, 0.05) is 22.3 Å². The van der Waals surface area contributed by atoms with Crippen molar-refractivity contribution in [2.24, 2.45) is 0 Å². The number of nitrogens with zero attached hydrogens (tertiary/aromatic N) is 4. The summed E-state index contributed by atoms with van der Waals surface area (Å²) in [4.78, 5) is 19.6. The molecule has 6 rings (SSSR count). The normalized spacial score (nSPS) is 12.8. The predicted octanol–water partition coefficient (Wildman–Crippen LogP) is 13.5. The van der Waals surface area contributed by atoms with E-state index < -0.39 is 0 Å². The van der Waals surface area contributed by atoms with Crippen LogP contribution in [0.5, 0.6) is 0 Å². The number of allylic oxidation sites excluding steroid dienone is 12. The third-order valence-electron chi connectivity index (χ3n) is 9.17. The lowest BCUT2D eigenvalue weighted by Crippen LogP contribution is -2.01. The Labute approximate surface area is 317 Å². The highest BCUT2D eigenvalue weighted by Crippen LogP contribution is 2.36. The fourth-order valence-corrected chi connectivity index (χ4v) is 7.44. The van der Waals surface area contributed by atoms with Gasteiger partial charge in [-0.1, -0.05) is 116 Å². The topological polar surface area (TPSA) is 51.6 Å². The van der Waals surface area contributed by atoms with Gasteiger partial charge in [-0.05, 0) is 116 Å². The minimum atomic E-state index is 0.534. The second-order valence-corrected chi connectivity index (χ2v) is 13.8. The van der Waals surface area contributed by atoms with E-state index in [1.807, 2.05) is 85.8 Å². The molecule has 0 radical (unpaired) electrons. The molecule has 2 heterocycles. The molecule has 0 atom stereocenters. The fourth-order valence-electron chi connectivity index (χ4n) is 6.44. The van der Waals surface area contributed by atoms with E-state index in [1.165, 1.54) is 38.6 Å². The van der Waals surface area contributed by atoms with E-state index in [0.717, 1.165) is 37.5 Å². The zero-order valence-corrected chi connectivity index (χ0v) is 32.1. The first-order valence-corrected chi connectivity index (χ1v) is 18.6. The Morgan fingerprint density at radius 3 is 2.17 bits per heavy atom. The Hall–Kier alpha value is -6.04. The van der Waals surface area contributed by atoms with Crippen LogP contribution in [0.3, 0.4) is 0 Å². The average Bonchev–Trinajstić information content (AvgIpc) is 3.61. The van der Waals surface area contributed by atoms with Gasteiger partial charge in [0.2, 0.25) is 0 Å².